The van der Waals surface area contributed by atoms with E-state index in [1.807, 2.05) is 42.6 Å². The molecule has 2 unspecified atom stereocenters. The number of aliphatic carboxylic acids is 1. The van der Waals surface area contributed by atoms with Crippen LogP contribution in [0.2, 0.25) is 0 Å². The Balaban J connectivity index is 1.82. The van der Waals surface area contributed by atoms with Gasteiger partial charge in [0.2, 0.25) is 5.91 Å². The van der Waals surface area contributed by atoms with Crippen LogP contribution in [0.4, 0.5) is 0 Å². The number of benzene rings is 1. The molecule has 0 radical (unpaired) electrons. The van der Waals surface area contributed by atoms with Crippen molar-refractivity contribution < 1.29 is 14.7 Å². The molecule has 6 nitrogen and oxygen atoms in total. The molecule has 0 saturated carbocycles. The number of carboxylic acids is 1. The average molecular weight is 313 g/mol. The van der Waals surface area contributed by atoms with Gasteiger partial charge < -0.3 is 20.7 Å². The fourth-order valence-electron chi connectivity index (χ4n) is 3.13. The van der Waals surface area contributed by atoms with E-state index in [0.29, 0.717) is 13.0 Å². The second kappa shape index (κ2) is 6.26. The van der Waals surface area contributed by atoms with Crippen LogP contribution in [0.3, 0.4) is 0 Å². The number of aromatic amines is 1. The van der Waals surface area contributed by atoms with Gasteiger partial charge in [0.1, 0.15) is 6.04 Å². The van der Waals surface area contributed by atoms with Crippen LogP contribution in [0.25, 0.3) is 11.1 Å². The van der Waals surface area contributed by atoms with Crippen LogP contribution >= 0.6 is 0 Å². The molecule has 6 heteroatoms. The Kier molecular flexibility index (Phi) is 4.16. The Morgan fingerprint density at radius 3 is 2.65 bits per heavy atom. The number of nitrogens with zero attached hydrogens (tertiary/aromatic N) is 1. The Morgan fingerprint density at radius 2 is 2.00 bits per heavy atom. The van der Waals surface area contributed by atoms with E-state index in [4.69, 9.17) is 5.73 Å². The van der Waals surface area contributed by atoms with Crippen molar-refractivity contribution in [3.8, 4) is 11.1 Å². The summed E-state index contributed by atoms with van der Waals surface area (Å²) in [6.45, 7) is 0.207. The lowest BCUT2D eigenvalue weighted by molar-refractivity contribution is -0.147. The number of amides is 1. The van der Waals surface area contributed by atoms with E-state index < -0.39 is 12.0 Å². The lowest BCUT2D eigenvalue weighted by Crippen LogP contribution is -2.43. The van der Waals surface area contributed by atoms with E-state index in [-0.39, 0.29) is 18.4 Å². The maximum absolute atomic E-state index is 11.9. The van der Waals surface area contributed by atoms with Gasteiger partial charge in [-0.05, 0) is 23.6 Å². The lowest BCUT2D eigenvalue weighted by atomic mass is 10.0. The molecule has 1 amide bonds. The van der Waals surface area contributed by atoms with Crippen molar-refractivity contribution in [1.82, 2.24) is 9.88 Å². The van der Waals surface area contributed by atoms with E-state index in [1.165, 1.54) is 4.90 Å². The first-order valence-corrected chi connectivity index (χ1v) is 7.56. The third kappa shape index (κ3) is 2.98. The second-order valence-corrected chi connectivity index (χ2v) is 5.75. The van der Waals surface area contributed by atoms with Gasteiger partial charge >= 0.3 is 5.97 Å². The maximum Gasteiger partial charge on any atom is 0.326 e. The van der Waals surface area contributed by atoms with Gasteiger partial charge in [-0.25, -0.2) is 4.79 Å². The molecule has 4 N–H and O–H groups in total. The third-order valence-electron chi connectivity index (χ3n) is 4.33. The molecule has 3 rings (SSSR count). The molecule has 1 aromatic heterocycles. The Labute approximate surface area is 133 Å². The summed E-state index contributed by atoms with van der Waals surface area (Å²) in [5.41, 5.74) is 8.48. The molecule has 120 valence electrons. The molecule has 1 saturated heterocycles. The summed E-state index contributed by atoms with van der Waals surface area (Å²) in [6, 6.07) is 11.2. The molecule has 2 heterocycles. The molecule has 1 aromatic carbocycles. The van der Waals surface area contributed by atoms with Gasteiger partial charge in [-0.2, -0.15) is 0 Å². The van der Waals surface area contributed by atoms with Crippen LogP contribution in [0, 0.1) is 0 Å². The van der Waals surface area contributed by atoms with Crippen molar-refractivity contribution in [1.29, 1.82) is 0 Å². The van der Waals surface area contributed by atoms with Crippen LogP contribution in [-0.4, -0.2) is 46.0 Å². The predicted octanol–water partition coefficient (Wildman–Crippen LogP) is 1.41. The number of carboxylic acid groups (broad SMARTS) is 1. The molecule has 1 fully saturated rings. The average Bonchev–Trinajstić information content (AvgIpc) is 3.21. The van der Waals surface area contributed by atoms with Crippen molar-refractivity contribution in [2.75, 3.05) is 13.1 Å². The highest BCUT2D eigenvalue weighted by Gasteiger charge is 2.40. The zero-order valence-corrected chi connectivity index (χ0v) is 12.6. The minimum absolute atomic E-state index is 0.0240. The SMILES string of the molecule is NCC(=O)N1CC(c2cc(-c3ccccc3)c[nH]2)CC1C(=O)O. The van der Waals surface area contributed by atoms with Crippen molar-refractivity contribution >= 4 is 11.9 Å². The molecule has 0 bridgehead atoms. The summed E-state index contributed by atoms with van der Waals surface area (Å²) in [5, 5.41) is 9.33. The van der Waals surface area contributed by atoms with Gasteiger partial charge in [-0.1, -0.05) is 30.3 Å². The Morgan fingerprint density at radius 1 is 1.26 bits per heavy atom. The summed E-state index contributed by atoms with van der Waals surface area (Å²) in [7, 11) is 0. The predicted molar refractivity (Wildman–Crippen MR) is 85.8 cm³/mol. The van der Waals surface area contributed by atoms with Gasteiger partial charge in [-0.3, -0.25) is 4.79 Å². The largest absolute Gasteiger partial charge is 0.480 e. The molecule has 1 aliphatic rings. The van der Waals surface area contributed by atoms with Crippen LogP contribution in [-0.2, 0) is 9.59 Å². The molecule has 0 aliphatic carbocycles. The standard InChI is InChI=1S/C17H19N3O3/c18-8-16(21)20-10-13(7-15(20)17(22)23)14-6-12(9-19-14)11-4-2-1-3-5-11/h1-6,9,13,15,19H,7-8,10,18H2,(H,22,23). The van der Waals surface area contributed by atoms with Crippen molar-refractivity contribution in [2.45, 2.75) is 18.4 Å². The first-order chi connectivity index (χ1) is 11.1. The van der Waals surface area contributed by atoms with Gasteiger partial charge in [0.05, 0.1) is 6.54 Å². The fourth-order valence-corrected chi connectivity index (χ4v) is 3.13. The molecule has 0 spiro atoms. The van der Waals surface area contributed by atoms with Gasteiger partial charge in [0, 0.05) is 24.4 Å². The highest BCUT2D eigenvalue weighted by molar-refractivity contribution is 5.85. The number of H-pyrrole nitrogens is 1. The van der Waals surface area contributed by atoms with Crippen molar-refractivity contribution in [3.05, 3.63) is 48.3 Å². The number of hydrogen-bond acceptors (Lipinski definition) is 3. The highest BCUT2D eigenvalue weighted by Crippen LogP contribution is 2.33. The number of nitrogens with two attached hydrogens (primary N) is 1. The molecule has 2 atom stereocenters. The van der Waals surface area contributed by atoms with E-state index in [1.54, 1.807) is 0 Å². The molecular formula is C17H19N3O3. The quantitative estimate of drug-likeness (QED) is 0.794. The van der Waals surface area contributed by atoms with Crippen molar-refractivity contribution in [2.24, 2.45) is 5.73 Å². The highest BCUT2D eigenvalue weighted by atomic mass is 16.4. The number of nitrogens with one attached hydrogen (secondary N) is 1. The molecule has 23 heavy (non-hydrogen) atoms. The summed E-state index contributed by atoms with van der Waals surface area (Å²) in [5.74, 6) is -1.33. The summed E-state index contributed by atoms with van der Waals surface area (Å²) in [4.78, 5) is 27.8. The van der Waals surface area contributed by atoms with Crippen LogP contribution in [0.5, 0.6) is 0 Å². The van der Waals surface area contributed by atoms with E-state index >= 15 is 0 Å². The Bertz CT molecular complexity index is 711. The van der Waals surface area contributed by atoms with Crippen LogP contribution < -0.4 is 5.73 Å². The zero-order chi connectivity index (χ0) is 16.4. The lowest BCUT2D eigenvalue weighted by Gasteiger charge is -2.20. The van der Waals surface area contributed by atoms with Gasteiger partial charge in [0.25, 0.3) is 0 Å². The Hall–Kier alpha value is -2.60. The number of likely N-dealkylation sites (tertiary alicyclic amines) is 1. The summed E-state index contributed by atoms with van der Waals surface area (Å²) >= 11 is 0. The van der Waals surface area contributed by atoms with E-state index in [0.717, 1.165) is 16.8 Å². The van der Waals surface area contributed by atoms with Crippen LogP contribution in [0.1, 0.15) is 18.0 Å². The first kappa shape index (κ1) is 15.3. The zero-order valence-electron chi connectivity index (χ0n) is 12.6. The fraction of sp³-hybridized carbons (Fsp3) is 0.294. The second-order valence-electron chi connectivity index (χ2n) is 5.75. The van der Waals surface area contributed by atoms with Crippen molar-refractivity contribution in [3.63, 3.8) is 0 Å². The minimum atomic E-state index is -0.982. The minimum Gasteiger partial charge on any atom is -0.480 e. The monoisotopic (exact) mass is 313 g/mol. The molecular weight excluding hydrogens is 294 g/mol. The van der Waals surface area contributed by atoms with Gasteiger partial charge in [0.15, 0.2) is 0 Å². The number of carbonyl (C=O) groups excluding carboxylic acids is 1. The molecule has 2 aromatic rings. The molecule has 1 aliphatic heterocycles. The van der Waals surface area contributed by atoms with E-state index in [9.17, 15) is 14.7 Å². The summed E-state index contributed by atoms with van der Waals surface area (Å²) in [6.07, 6.45) is 2.31. The number of carbonyl (C=O) groups is 2. The van der Waals surface area contributed by atoms with E-state index in [2.05, 4.69) is 4.98 Å². The smallest absolute Gasteiger partial charge is 0.326 e. The summed E-state index contributed by atoms with van der Waals surface area (Å²) < 4.78 is 0. The van der Waals surface area contributed by atoms with Crippen LogP contribution in [0.15, 0.2) is 42.6 Å². The topological polar surface area (TPSA) is 99.4 Å². The normalized spacial score (nSPS) is 20.7. The number of aromatic nitrogens is 1. The number of rotatable bonds is 4. The third-order valence-corrected chi connectivity index (χ3v) is 4.33. The first-order valence-electron chi connectivity index (χ1n) is 7.56. The number of hydrogen-bond donors (Lipinski definition) is 3. The van der Waals surface area contributed by atoms with Gasteiger partial charge in [-0.15, -0.1) is 0 Å². The maximum atomic E-state index is 11.9.